The number of rotatable bonds is 2. The fourth-order valence-corrected chi connectivity index (χ4v) is 3.89. The van der Waals surface area contributed by atoms with Gasteiger partial charge >= 0.3 is 0 Å². The van der Waals surface area contributed by atoms with Gasteiger partial charge in [-0.05, 0) is 60.7 Å². The molecule has 3 rings (SSSR count). The highest BCUT2D eigenvalue weighted by Gasteiger charge is 2.29. The molecule has 0 radical (unpaired) electrons. The van der Waals surface area contributed by atoms with Crippen LogP contribution in [0.5, 0.6) is 0 Å². The first-order chi connectivity index (χ1) is 10.2. The maximum Gasteiger partial charge on any atom is 0.0441 e. The van der Waals surface area contributed by atoms with Crippen molar-refractivity contribution in [2.45, 2.75) is 25.2 Å². The molecule has 0 amide bonds. The maximum atomic E-state index is 6.43. The van der Waals surface area contributed by atoms with Crippen LogP contribution >= 0.6 is 23.2 Å². The van der Waals surface area contributed by atoms with Crippen LogP contribution in [-0.4, -0.2) is 13.1 Å². The van der Waals surface area contributed by atoms with Crippen molar-refractivity contribution < 1.29 is 0 Å². The fourth-order valence-electron chi connectivity index (χ4n) is 3.39. The van der Waals surface area contributed by atoms with E-state index in [0.717, 1.165) is 29.6 Å². The lowest BCUT2D eigenvalue weighted by atomic mass is 9.76. The molecule has 1 N–H and O–H groups in total. The second-order valence-electron chi connectivity index (χ2n) is 5.73. The third-order valence-corrected chi connectivity index (χ3v) is 5.00. The predicted octanol–water partition coefficient (Wildman–Crippen LogP) is 5.16. The fraction of sp³-hybridized carbons (Fsp3) is 0.333. The van der Waals surface area contributed by atoms with Gasteiger partial charge in [-0.15, -0.1) is 0 Å². The number of halogens is 2. The van der Waals surface area contributed by atoms with Gasteiger partial charge in [-0.3, -0.25) is 0 Å². The van der Waals surface area contributed by atoms with E-state index in [2.05, 4.69) is 36.5 Å². The first-order valence-electron chi connectivity index (χ1n) is 7.38. The van der Waals surface area contributed by atoms with E-state index in [9.17, 15) is 0 Å². The number of hydrogen-bond donors (Lipinski definition) is 1. The average molecular weight is 320 g/mol. The lowest BCUT2D eigenvalue weighted by Crippen LogP contribution is -2.34. The van der Waals surface area contributed by atoms with Crippen molar-refractivity contribution in [3.05, 3.63) is 69.2 Å². The zero-order chi connectivity index (χ0) is 14.8. The highest BCUT2D eigenvalue weighted by atomic mass is 35.5. The van der Waals surface area contributed by atoms with E-state index in [1.165, 1.54) is 16.7 Å². The first-order valence-corrected chi connectivity index (χ1v) is 8.13. The van der Waals surface area contributed by atoms with E-state index in [4.69, 9.17) is 23.2 Å². The van der Waals surface area contributed by atoms with Crippen molar-refractivity contribution in [3.8, 4) is 0 Å². The monoisotopic (exact) mass is 319 g/mol. The molecule has 3 heteroatoms. The summed E-state index contributed by atoms with van der Waals surface area (Å²) in [6.07, 6.45) is 1.12. The Kier molecular flexibility index (Phi) is 4.54. The van der Waals surface area contributed by atoms with Crippen LogP contribution in [0.25, 0.3) is 0 Å². The largest absolute Gasteiger partial charge is 0.316 e. The molecule has 110 valence electrons. The third kappa shape index (κ3) is 3.11. The molecule has 1 fully saturated rings. The summed E-state index contributed by atoms with van der Waals surface area (Å²) in [7, 11) is 0. The number of aryl methyl sites for hydroxylation is 1. The minimum atomic E-state index is 0.410. The zero-order valence-electron chi connectivity index (χ0n) is 12.1. The Morgan fingerprint density at radius 3 is 2.57 bits per heavy atom. The lowest BCUT2D eigenvalue weighted by molar-refractivity contribution is 0.403. The smallest absolute Gasteiger partial charge is 0.0441 e. The van der Waals surface area contributed by atoms with E-state index in [0.29, 0.717) is 11.8 Å². The lowest BCUT2D eigenvalue weighted by Gasteiger charge is -2.34. The minimum Gasteiger partial charge on any atom is -0.316 e. The second-order valence-corrected chi connectivity index (χ2v) is 6.57. The molecule has 2 unspecified atom stereocenters. The normalized spacial score (nSPS) is 22.2. The van der Waals surface area contributed by atoms with Crippen LogP contribution in [0.4, 0.5) is 0 Å². The Labute approximate surface area is 136 Å². The summed E-state index contributed by atoms with van der Waals surface area (Å²) in [4.78, 5) is 0. The van der Waals surface area contributed by atoms with Crippen LogP contribution in [0.2, 0.25) is 10.0 Å². The molecule has 1 aliphatic heterocycles. The van der Waals surface area contributed by atoms with Gasteiger partial charge < -0.3 is 5.32 Å². The molecular formula is C18H19Cl2N. The summed E-state index contributed by atoms with van der Waals surface area (Å²) in [6, 6.07) is 14.4. The van der Waals surface area contributed by atoms with Crippen molar-refractivity contribution in [1.82, 2.24) is 5.32 Å². The van der Waals surface area contributed by atoms with Crippen molar-refractivity contribution in [2.24, 2.45) is 0 Å². The van der Waals surface area contributed by atoms with Gasteiger partial charge in [-0.2, -0.15) is 0 Å². The molecule has 1 heterocycles. The average Bonchev–Trinajstić information content (AvgIpc) is 2.48. The zero-order valence-corrected chi connectivity index (χ0v) is 13.6. The van der Waals surface area contributed by atoms with Crippen molar-refractivity contribution >= 4 is 23.2 Å². The molecule has 2 aromatic rings. The molecule has 0 saturated carbocycles. The Morgan fingerprint density at radius 1 is 1.00 bits per heavy atom. The standard InChI is InChI=1S/C18H19Cl2N/c1-12-10-13(19)6-7-14(12)15-8-9-21-11-17(15)16-4-2-3-5-18(16)20/h2-7,10,15,17,21H,8-9,11H2,1H3. The summed E-state index contributed by atoms with van der Waals surface area (Å²) >= 11 is 12.5. The van der Waals surface area contributed by atoms with Crippen LogP contribution in [0.3, 0.4) is 0 Å². The van der Waals surface area contributed by atoms with E-state index in [1.54, 1.807) is 0 Å². The first kappa shape index (κ1) is 14.9. The summed E-state index contributed by atoms with van der Waals surface area (Å²) < 4.78 is 0. The van der Waals surface area contributed by atoms with Crippen molar-refractivity contribution in [1.29, 1.82) is 0 Å². The molecule has 21 heavy (non-hydrogen) atoms. The second kappa shape index (κ2) is 6.39. The van der Waals surface area contributed by atoms with Gasteiger partial charge in [0.1, 0.15) is 0 Å². The van der Waals surface area contributed by atoms with E-state index in [1.807, 2.05) is 18.2 Å². The van der Waals surface area contributed by atoms with Gasteiger partial charge in [0.15, 0.2) is 0 Å². The van der Waals surface area contributed by atoms with Crippen molar-refractivity contribution in [2.75, 3.05) is 13.1 Å². The van der Waals surface area contributed by atoms with Crippen LogP contribution < -0.4 is 5.32 Å². The molecule has 0 aromatic heterocycles. The number of hydrogen-bond acceptors (Lipinski definition) is 1. The van der Waals surface area contributed by atoms with Gasteiger partial charge in [0.2, 0.25) is 0 Å². The van der Waals surface area contributed by atoms with Gasteiger partial charge in [0.05, 0.1) is 0 Å². The summed E-state index contributed by atoms with van der Waals surface area (Å²) in [6.45, 7) is 4.16. The molecule has 2 atom stereocenters. The van der Waals surface area contributed by atoms with E-state index < -0.39 is 0 Å². The van der Waals surface area contributed by atoms with Crippen LogP contribution in [0.15, 0.2) is 42.5 Å². The van der Waals surface area contributed by atoms with Gasteiger partial charge in [0, 0.05) is 22.5 Å². The summed E-state index contributed by atoms with van der Waals surface area (Å²) in [5, 5.41) is 5.18. The topological polar surface area (TPSA) is 12.0 Å². The Morgan fingerprint density at radius 2 is 1.81 bits per heavy atom. The van der Waals surface area contributed by atoms with Gasteiger partial charge in [0.25, 0.3) is 0 Å². The molecule has 1 saturated heterocycles. The number of nitrogens with one attached hydrogen (secondary N) is 1. The Bertz CT molecular complexity index is 639. The van der Waals surface area contributed by atoms with E-state index >= 15 is 0 Å². The molecule has 0 bridgehead atoms. The van der Waals surface area contributed by atoms with Crippen molar-refractivity contribution in [3.63, 3.8) is 0 Å². The van der Waals surface area contributed by atoms with Crippen LogP contribution in [0, 0.1) is 6.92 Å². The molecule has 1 nitrogen and oxygen atoms in total. The van der Waals surface area contributed by atoms with E-state index in [-0.39, 0.29) is 0 Å². The molecular weight excluding hydrogens is 301 g/mol. The number of benzene rings is 2. The highest BCUT2D eigenvalue weighted by molar-refractivity contribution is 6.31. The van der Waals surface area contributed by atoms with Crippen LogP contribution in [-0.2, 0) is 0 Å². The third-order valence-electron chi connectivity index (χ3n) is 4.42. The Balaban J connectivity index is 2.00. The Hall–Kier alpha value is -1.02. The van der Waals surface area contributed by atoms with Crippen LogP contribution in [0.1, 0.15) is 34.9 Å². The maximum absolute atomic E-state index is 6.43. The number of piperidine rings is 1. The molecule has 0 aliphatic carbocycles. The predicted molar refractivity (Wildman–Crippen MR) is 90.6 cm³/mol. The summed E-state index contributed by atoms with van der Waals surface area (Å²) in [5.41, 5.74) is 3.91. The summed E-state index contributed by atoms with van der Waals surface area (Å²) in [5.74, 6) is 0.899. The highest BCUT2D eigenvalue weighted by Crippen LogP contribution is 2.41. The molecule has 2 aromatic carbocycles. The van der Waals surface area contributed by atoms with Gasteiger partial charge in [-0.25, -0.2) is 0 Å². The minimum absolute atomic E-state index is 0.410. The quantitative estimate of drug-likeness (QED) is 0.805. The SMILES string of the molecule is Cc1cc(Cl)ccc1C1CCNCC1c1ccccc1Cl. The molecule has 1 aliphatic rings. The van der Waals surface area contributed by atoms with Gasteiger partial charge in [-0.1, -0.05) is 47.5 Å². The molecule has 0 spiro atoms.